The lowest BCUT2D eigenvalue weighted by atomic mass is 9.73. The number of carbonyl (C=O) groups is 1. The maximum Gasteiger partial charge on any atom is 0.314 e. The molecule has 1 aromatic carbocycles. The van der Waals surface area contributed by atoms with Gasteiger partial charge in [0.25, 0.3) is 0 Å². The van der Waals surface area contributed by atoms with Gasteiger partial charge in [-0.1, -0.05) is 24.8 Å². The highest BCUT2D eigenvalue weighted by Gasteiger charge is 2.48. The fraction of sp³-hybridized carbons (Fsp3) is 0.471. The predicted octanol–water partition coefficient (Wildman–Crippen LogP) is 2.25. The van der Waals surface area contributed by atoms with Crippen molar-refractivity contribution in [2.24, 2.45) is 5.41 Å². The van der Waals surface area contributed by atoms with Crippen LogP contribution in [-0.4, -0.2) is 38.0 Å². The number of aliphatic hydroxyl groups is 1. The average Bonchev–Trinajstić information content (AvgIpc) is 2.59. The van der Waals surface area contributed by atoms with Crippen molar-refractivity contribution in [3.05, 3.63) is 42.5 Å². The number of benzene rings is 1. The highest BCUT2D eigenvalue weighted by molar-refractivity contribution is 5.78. The summed E-state index contributed by atoms with van der Waals surface area (Å²) in [5.41, 5.74) is -0.283. The summed E-state index contributed by atoms with van der Waals surface area (Å²) in [6, 6.07) is 7.07. The monoisotopic (exact) mass is 306 g/mol. The summed E-state index contributed by atoms with van der Waals surface area (Å²) in [6.45, 7) is 4.89. The maximum atomic E-state index is 12.2. The van der Waals surface area contributed by atoms with E-state index in [4.69, 9.17) is 14.2 Å². The third kappa shape index (κ3) is 3.31. The lowest BCUT2D eigenvalue weighted by Crippen LogP contribution is -2.43. The van der Waals surface area contributed by atoms with Crippen molar-refractivity contribution in [3.63, 3.8) is 0 Å². The molecule has 120 valence electrons. The molecule has 1 N–H and O–H groups in total. The lowest BCUT2D eigenvalue weighted by Gasteiger charge is -2.38. The Morgan fingerprint density at radius 3 is 2.59 bits per heavy atom. The second-order valence-electron chi connectivity index (χ2n) is 5.33. The number of hydrogen-bond donors (Lipinski definition) is 1. The average molecular weight is 306 g/mol. The highest BCUT2D eigenvalue weighted by Crippen LogP contribution is 2.43. The van der Waals surface area contributed by atoms with E-state index >= 15 is 0 Å². The summed E-state index contributed by atoms with van der Waals surface area (Å²) in [4.78, 5) is 12.2. The third-order valence-electron chi connectivity index (χ3n) is 4.06. The normalized spacial score (nSPS) is 18.3. The van der Waals surface area contributed by atoms with E-state index in [0.717, 1.165) is 0 Å². The number of esters is 1. The van der Waals surface area contributed by atoms with Crippen LogP contribution in [0.3, 0.4) is 0 Å². The zero-order chi connectivity index (χ0) is 16.0. The van der Waals surface area contributed by atoms with Crippen LogP contribution < -0.4 is 4.74 Å². The Kier molecular flexibility index (Phi) is 5.57. The Morgan fingerprint density at radius 2 is 2.05 bits per heavy atom. The van der Waals surface area contributed by atoms with Gasteiger partial charge >= 0.3 is 5.97 Å². The molecule has 1 aliphatic rings. The first-order valence-electron chi connectivity index (χ1n) is 7.32. The lowest BCUT2D eigenvalue weighted by molar-refractivity contribution is -0.170. The van der Waals surface area contributed by atoms with Gasteiger partial charge in [0.1, 0.15) is 17.8 Å². The Balaban J connectivity index is 2.21. The van der Waals surface area contributed by atoms with E-state index in [0.29, 0.717) is 44.0 Å². The quantitative estimate of drug-likeness (QED) is 0.645. The SMILES string of the molecule is C=CCOc1ccc([C@@H](O)C2(C(=O)OC)CCOCC2)cc1. The summed E-state index contributed by atoms with van der Waals surface area (Å²) in [6.07, 6.45) is 1.61. The molecule has 5 heteroatoms. The van der Waals surface area contributed by atoms with E-state index in [1.165, 1.54) is 7.11 Å². The van der Waals surface area contributed by atoms with Gasteiger partial charge in [-0.2, -0.15) is 0 Å². The fourth-order valence-corrected chi connectivity index (χ4v) is 2.75. The van der Waals surface area contributed by atoms with Crippen LogP contribution in [0.5, 0.6) is 5.75 Å². The van der Waals surface area contributed by atoms with Crippen LogP contribution in [0.4, 0.5) is 0 Å². The molecule has 0 radical (unpaired) electrons. The van der Waals surface area contributed by atoms with Crippen LogP contribution in [-0.2, 0) is 14.3 Å². The van der Waals surface area contributed by atoms with Gasteiger partial charge in [0.05, 0.1) is 13.2 Å². The molecule has 1 heterocycles. The standard InChI is InChI=1S/C17H22O5/c1-3-10-22-14-6-4-13(5-7-14)15(18)17(16(19)20-2)8-11-21-12-9-17/h3-7,15,18H,1,8-12H2,2H3/t15-/m1/s1. The van der Waals surface area contributed by atoms with Crippen molar-refractivity contribution in [1.29, 1.82) is 0 Å². The summed E-state index contributed by atoms with van der Waals surface area (Å²) in [7, 11) is 1.35. The molecule has 1 aliphatic heterocycles. The fourth-order valence-electron chi connectivity index (χ4n) is 2.75. The molecule has 0 spiro atoms. The van der Waals surface area contributed by atoms with Crippen LogP contribution in [0.2, 0.25) is 0 Å². The van der Waals surface area contributed by atoms with Gasteiger partial charge in [0, 0.05) is 13.2 Å². The van der Waals surface area contributed by atoms with E-state index in [9.17, 15) is 9.90 Å². The van der Waals surface area contributed by atoms with Crippen LogP contribution in [0.15, 0.2) is 36.9 Å². The van der Waals surface area contributed by atoms with E-state index in [1.807, 2.05) is 0 Å². The van der Waals surface area contributed by atoms with Crippen molar-refractivity contribution in [2.75, 3.05) is 26.9 Å². The Morgan fingerprint density at radius 1 is 1.41 bits per heavy atom. The minimum absolute atomic E-state index is 0.393. The van der Waals surface area contributed by atoms with Gasteiger partial charge in [0.15, 0.2) is 0 Å². The smallest absolute Gasteiger partial charge is 0.314 e. The van der Waals surface area contributed by atoms with Gasteiger partial charge in [-0.25, -0.2) is 0 Å². The van der Waals surface area contributed by atoms with Crippen LogP contribution >= 0.6 is 0 Å². The molecule has 5 nitrogen and oxygen atoms in total. The third-order valence-corrected chi connectivity index (χ3v) is 4.06. The topological polar surface area (TPSA) is 65.0 Å². The number of methoxy groups -OCH3 is 1. The molecule has 0 unspecified atom stereocenters. The molecule has 1 fully saturated rings. The second kappa shape index (κ2) is 7.42. The molecular formula is C17H22O5. The predicted molar refractivity (Wildman–Crippen MR) is 81.6 cm³/mol. The Hall–Kier alpha value is -1.85. The van der Waals surface area contributed by atoms with Gasteiger partial charge in [0.2, 0.25) is 0 Å². The number of ether oxygens (including phenoxy) is 3. The number of rotatable bonds is 6. The van der Waals surface area contributed by atoms with Crippen molar-refractivity contribution in [2.45, 2.75) is 18.9 Å². The van der Waals surface area contributed by atoms with E-state index in [1.54, 1.807) is 30.3 Å². The van der Waals surface area contributed by atoms with Gasteiger partial charge in [-0.3, -0.25) is 4.79 Å². The molecule has 1 saturated heterocycles. The first-order chi connectivity index (χ1) is 10.6. The number of carbonyl (C=O) groups excluding carboxylic acids is 1. The summed E-state index contributed by atoms with van der Waals surface area (Å²) in [5, 5.41) is 10.8. The van der Waals surface area contributed by atoms with E-state index in [2.05, 4.69) is 6.58 Å². The zero-order valence-electron chi connectivity index (χ0n) is 12.8. The van der Waals surface area contributed by atoms with Crippen LogP contribution in [0.1, 0.15) is 24.5 Å². The molecule has 0 saturated carbocycles. The summed E-state index contributed by atoms with van der Waals surface area (Å²) >= 11 is 0. The van der Waals surface area contributed by atoms with Gasteiger partial charge in [-0.15, -0.1) is 0 Å². The molecule has 1 atom stereocenters. The molecule has 0 aliphatic carbocycles. The van der Waals surface area contributed by atoms with Crippen molar-refractivity contribution in [3.8, 4) is 5.75 Å². The molecule has 0 aromatic heterocycles. The summed E-state index contributed by atoms with van der Waals surface area (Å²) in [5.74, 6) is 0.297. The Labute approximate surface area is 130 Å². The first kappa shape index (κ1) is 16.5. The van der Waals surface area contributed by atoms with Crippen molar-refractivity contribution < 1.29 is 24.1 Å². The minimum atomic E-state index is -0.948. The first-order valence-corrected chi connectivity index (χ1v) is 7.32. The van der Waals surface area contributed by atoms with Crippen molar-refractivity contribution in [1.82, 2.24) is 0 Å². The summed E-state index contributed by atoms with van der Waals surface area (Å²) < 4.78 is 15.7. The van der Waals surface area contributed by atoms with Crippen molar-refractivity contribution >= 4 is 5.97 Å². The number of aliphatic hydroxyl groups excluding tert-OH is 1. The molecule has 2 rings (SSSR count). The maximum absolute atomic E-state index is 12.2. The molecule has 0 bridgehead atoms. The Bertz CT molecular complexity index is 502. The highest BCUT2D eigenvalue weighted by atomic mass is 16.5. The van der Waals surface area contributed by atoms with Gasteiger partial charge in [-0.05, 0) is 30.5 Å². The molecule has 0 amide bonds. The minimum Gasteiger partial charge on any atom is -0.490 e. The van der Waals surface area contributed by atoms with Crippen LogP contribution in [0.25, 0.3) is 0 Å². The molecular weight excluding hydrogens is 284 g/mol. The van der Waals surface area contributed by atoms with E-state index in [-0.39, 0.29) is 0 Å². The van der Waals surface area contributed by atoms with Gasteiger partial charge < -0.3 is 19.3 Å². The zero-order valence-corrected chi connectivity index (χ0v) is 12.8. The largest absolute Gasteiger partial charge is 0.490 e. The van der Waals surface area contributed by atoms with Crippen LogP contribution in [0, 0.1) is 5.41 Å². The number of hydrogen-bond acceptors (Lipinski definition) is 5. The molecule has 1 aromatic rings. The second-order valence-corrected chi connectivity index (χ2v) is 5.33. The molecule has 22 heavy (non-hydrogen) atoms. The van der Waals surface area contributed by atoms with E-state index < -0.39 is 17.5 Å².